The minimum atomic E-state index is -0.197. The summed E-state index contributed by atoms with van der Waals surface area (Å²) < 4.78 is 7.37. The monoisotopic (exact) mass is 529 g/mol. The fraction of sp³-hybridized carbons (Fsp3) is 0.433. The number of aromatic nitrogens is 3. The van der Waals surface area contributed by atoms with E-state index in [0.29, 0.717) is 12.0 Å². The molecule has 3 atom stereocenters. The minimum Gasteiger partial charge on any atom is -0.457 e. The van der Waals surface area contributed by atoms with E-state index in [4.69, 9.17) is 9.72 Å². The average molecular weight is 530 g/mol. The Labute approximate surface area is 228 Å². The van der Waals surface area contributed by atoms with Gasteiger partial charge in [0.1, 0.15) is 17.3 Å². The molecule has 0 bridgehead atoms. The molecule has 2 aliphatic rings. The standard InChI is InChI=1S/C30H35N5O2S/c1-34(2)22-11-14-35(19-22)29-15-20(9-12-32-29)26-17-24(10-13-31-26)37-23-7-8-25-28(18-23)38-30(33-25)16-21-5-3-4-6-27(21)36/h7-10,12-13,15,17-18,21-22,27,36H,3-6,11,14,16,19H2,1-2H3/t21-,22+,27+/m0/s1. The molecule has 1 saturated heterocycles. The molecular weight excluding hydrogens is 494 g/mol. The van der Waals surface area contributed by atoms with Gasteiger partial charge in [-0.15, -0.1) is 11.3 Å². The Morgan fingerprint density at radius 2 is 1.84 bits per heavy atom. The maximum Gasteiger partial charge on any atom is 0.131 e. The zero-order chi connectivity index (χ0) is 26.1. The second-order valence-electron chi connectivity index (χ2n) is 10.8. The highest BCUT2D eigenvalue weighted by Crippen LogP contribution is 2.34. The Kier molecular flexibility index (Phi) is 7.28. The van der Waals surface area contributed by atoms with Crippen molar-refractivity contribution in [2.75, 3.05) is 32.1 Å². The van der Waals surface area contributed by atoms with E-state index in [2.05, 4.69) is 46.0 Å². The minimum absolute atomic E-state index is 0.197. The number of hydrogen-bond acceptors (Lipinski definition) is 8. The number of aliphatic hydroxyl groups is 1. The lowest BCUT2D eigenvalue weighted by Crippen LogP contribution is -2.31. The molecule has 3 aromatic heterocycles. The Balaban J connectivity index is 1.17. The third kappa shape index (κ3) is 5.53. The lowest BCUT2D eigenvalue weighted by Gasteiger charge is -2.26. The van der Waals surface area contributed by atoms with E-state index in [1.165, 1.54) is 6.42 Å². The van der Waals surface area contributed by atoms with Crippen molar-refractivity contribution in [1.29, 1.82) is 0 Å². The molecule has 0 radical (unpaired) electrons. The van der Waals surface area contributed by atoms with Crippen LogP contribution in [0.2, 0.25) is 0 Å². The average Bonchev–Trinajstić information content (AvgIpc) is 3.58. The lowest BCUT2D eigenvalue weighted by atomic mass is 9.84. The van der Waals surface area contributed by atoms with Crippen molar-refractivity contribution in [1.82, 2.24) is 19.9 Å². The molecule has 0 spiro atoms. The molecule has 6 rings (SSSR count). The van der Waals surface area contributed by atoms with Crippen molar-refractivity contribution in [3.8, 4) is 22.8 Å². The highest BCUT2D eigenvalue weighted by Gasteiger charge is 2.26. The van der Waals surface area contributed by atoms with E-state index < -0.39 is 0 Å². The molecule has 0 unspecified atom stereocenters. The molecule has 1 aromatic carbocycles. The summed E-state index contributed by atoms with van der Waals surface area (Å²) in [6, 6.07) is 14.6. The smallest absolute Gasteiger partial charge is 0.131 e. The third-order valence-corrected chi connectivity index (χ3v) is 8.98. The summed E-state index contributed by atoms with van der Waals surface area (Å²) in [7, 11) is 4.28. The Bertz CT molecular complexity index is 1410. The number of aliphatic hydroxyl groups excluding tert-OH is 1. The molecule has 7 nitrogen and oxygen atoms in total. The second kappa shape index (κ2) is 11.0. The quantitative estimate of drug-likeness (QED) is 0.325. The predicted octanol–water partition coefficient (Wildman–Crippen LogP) is 5.78. The molecule has 8 heteroatoms. The van der Waals surface area contributed by atoms with Crippen LogP contribution >= 0.6 is 11.3 Å². The van der Waals surface area contributed by atoms with Gasteiger partial charge in [0.05, 0.1) is 27.0 Å². The number of thiazole rings is 1. The molecule has 38 heavy (non-hydrogen) atoms. The number of pyridine rings is 2. The normalized spacial score (nSPS) is 21.9. The first-order chi connectivity index (χ1) is 18.5. The number of nitrogens with zero attached hydrogens (tertiary/aromatic N) is 5. The van der Waals surface area contributed by atoms with Gasteiger partial charge in [-0.05, 0) is 69.6 Å². The first-order valence-electron chi connectivity index (χ1n) is 13.6. The van der Waals surface area contributed by atoms with Crippen LogP contribution in [0.1, 0.15) is 37.1 Å². The van der Waals surface area contributed by atoms with E-state index in [9.17, 15) is 5.11 Å². The molecule has 0 amide bonds. The van der Waals surface area contributed by atoms with E-state index in [0.717, 1.165) is 89.0 Å². The molecule has 2 fully saturated rings. The van der Waals surface area contributed by atoms with Gasteiger partial charge in [-0.3, -0.25) is 4.98 Å². The first kappa shape index (κ1) is 25.2. The third-order valence-electron chi connectivity index (χ3n) is 7.94. The van der Waals surface area contributed by atoms with E-state index in [1.54, 1.807) is 17.5 Å². The second-order valence-corrected chi connectivity index (χ2v) is 11.9. The van der Waals surface area contributed by atoms with E-state index in [1.807, 2.05) is 36.5 Å². The van der Waals surface area contributed by atoms with Gasteiger partial charge in [-0.1, -0.05) is 12.8 Å². The van der Waals surface area contributed by atoms with Crippen LogP contribution in [0, 0.1) is 5.92 Å². The van der Waals surface area contributed by atoms with Crippen molar-refractivity contribution < 1.29 is 9.84 Å². The van der Waals surface area contributed by atoms with Crippen LogP contribution in [0.5, 0.6) is 11.5 Å². The summed E-state index contributed by atoms with van der Waals surface area (Å²) in [5.74, 6) is 2.84. The Morgan fingerprint density at radius 3 is 2.68 bits per heavy atom. The number of hydrogen-bond donors (Lipinski definition) is 1. The zero-order valence-corrected chi connectivity index (χ0v) is 22.9. The molecular formula is C30H35N5O2S. The van der Waals surface area contributed by atoms with Crippen LogP contribution in [0.15, 0.2) is 54.9 Å². The van der Waals surface area contributed by atoms with Crippen molar-refractivity contribution in [2.24, 2.45) is 5.92 Å². The summed E-state index contributed by atoms with van der Waals surface area (Å²) in [6.07, 6.45) is 9.80. The summed E-state index contributed by atoms with van der Waals surface area (Å²) in [6.45, 7) is 2.00. The van der Waals surface area contributed by atoms with Crippen LogP contribution < -0.4 is 9.64 Å². The fourth-order valence-corrected chi connectivity index (χ4v) is 6.73. The summed E-state index contributed by atoms with van der Waals surface area (Å²) in [5.41, 5.74) is 2.88. The van der Waals surface area contributed by atoms with Crippen LogP contribution in [0.4, 0.5) is 5.82 Å². The number of benzene rings is 1. The van der Waals surface area contributed by atoms with Gasteiger partial charge in [0, 0.05) is 55.6 Å². The van der Waals surface area contributed by atoms with Gasteiger partial charge in [0.25, 0.3) is 0 Å². The largest absolute Gasteiger partial charge is 0.457 e. The van der Waals surface area contributed by atoms with E-state index in [-0.39, 0.29) is 6.10 Å². The topological polar surface area (TPSA) is 74.6 Å². The summed E-state index contributed by atoms with van der Waals surface area (Å²) >= 11 is 1.70. The van der Waals surface area contributed by atoms with E-state index >= 15 is 0 Å². The highest BCUT2D eigenvalue weighted by molar-refractivity contribution is 7.18. The van der Waals surface area contributed by atoms with Crippen molar-refractivity contribution in [2.45, 2.75) is 50.7 Å². The molecule has 1 saturated carbocycles. The van der Waals surface area contributed by atoms with Crippen LogP contribution in [-0.4, -0.2) is 64.3 Å². The Hall–Kier alpha value is -3.07. The van der Waals surface area contributed by atoms with Gasteiger partial charge in [-0.25, -0.2) is 9.97 Å². The molecule has 4 heterocycles. The maximum absolute atomic E-state index is 10.4. The highest BCUT2D eigenvalue weighted by atomic mass is 32.1. The zero-order valence-electron chi connectivity index (χ0n) is 22.1. The van der Waals surface area contributed by atoms with Gasteiger partial charge >= 0.3 is 0 Å². The maximum atomic E-state index is 10.4. The first-order valence-corrected chi connectivity index (χ1v) is 14.4. The SMILES string of the molecule is CN(C)[C@@H]1CCN(c2cc(-c3cc(Oc4ccc5nc(C[C@@H]6CCCC[C@H]6O)sc5c4)ccn3)ccn2)C1. The summed E-state index contributed by atoms with van der Waals surface area (Å²) in [4.78, 5) is 18.7. The van der Waals surface area contributed by atoms with Gasteiger partial charge < -0.3 is 19.6 Å². The van der Waals surface area contributed by atoms with Gasteiger partial charge in [-0.2, -0.15) is 0 Å². The van der Waals surface area contributed by atoms with Crippen molar-refractivity contribution in [3.63, 3.8) is 0 Å². The molecule has 1 aliphatic heterocycles. The molecule has 1 aliphatic carbocycles. The van der Waals surface area contributed by atoms with Gasteiger partial charge in [0.2, 0.25) is 0 Å². The summed E-state index contributed by atoms with van der Waals surface area (Å²) in [5, 5.41) is 11.5. The van der Waals surface area contributed by atoms with Crippen molar-refractivity contribution in [3.05, 3.63) is 59.9 Å². The lowest BCUT2D eigenvalue weighted by molar-refractivity contribution is 0.0700. The molecule has 1 N–H and O–H groups in total. The Morgan fingerprint density at radius 1 is 1.00 bits per heavy atom. The molecule has 4 aromatic rings. The molecule has 198 valence electrons. The van der Waals surface area contributed by atoms with Crippen LogP contribution in [0.25, 0.3) is 21.5 Å². The number of rotatable bonds is 7. The van der Waals surface area contributed by atoms with Crippen molar-refractivity contribution >= 4 is 27.4 Å². The number of ether oxygens (including phenoxy) is 1. The van der Waals surface area contributed by atoms with Crippen LogP contribution in [-0.2, 0) is 6.42 Å². The predicted molar refractivity (Wildman–Crippen MR) is 153 cm³/mol. The van der Waals surface area contributed by atoms with Gasteiger partial charge in [0.15, 0.2) is 0 Å². The number of fused-ring (bicyclic) bond motifs is 1. The number of anilines is 1. The number of likely N-dealkylation sites (N-methyl/N-ethyl adjacent to an activating group) is 1. The van der Waals surface area contributed by atoms with Crippen LogP contribution in [0.3, 0.4) is 0 Å². The fourth-order valence-electron chi connectivity index (χ4n) is 5.64.